The molecule has 36 heavy (non-hydrogen) atoms. The summed E-state index contributed by atoms with van der Waals surface area (Å²) in [6, 6.07) is 15.1. The first-order valence-electron chi connectivity index (χ1n) is 10.5. The molecule has 182 valence electrons. The van der Waals surface area contributed by atoms with Crippen LogP contribution in [0.5, 0.6) is 11.6 Å². The van der Waals surface area contributed by atoms with Crippen molar-refractivity contribution in [3.05, 3.63) is 102 Å². The summed E-state index contributed by atoms with van der Waals surface area (Å²) in [5, 5.41) is 7.34. The van der Waals surface area contributed by atoms with Crippen molar-refractivity contribution in [1.82, 2.24) is 15.3 Å². The number of ether oxygens (including phenoxy) is 1. The maximum atomic E-state index is 14.6. The molecule has 11 heteroatoms. The molecule has 3 aromatic carbocycles. The summed E-state index contributed by atoms with van der Waals surface area (Å²) < 4.78 is 46.0. The van der Waals surface area contributed by atoms with Crippen molar-refractivity contribution in [2.24, 2.45) is 0 Å². The molecule has 0 saturated carbocycles. The number of carbonyl (C=O) groups is 2. The van der Waals surface area contributed by atoms with E-state index in [1.54, 1.807) is 0 Å². The lowest BCUT2D eigenvalue weighted by molar-refractivity contribution is -0.119. The van der Waals surface area contributed by atoms with Crippen molar-refractivity contribution in [1.29, 1.82) is 0 Å². The zero-order valence-electron chi connectivity index (χ0n) is 18.5. The summed E-state index contributed by atoms with van der Waals surface area (Å²) in [5.41, 5.74) is 1.15. The highest BCUT2D eigenvalue weighted by Gasteiger charge is 2.12. The quantitative estimate of drug-likeness (QED) is 0.322. The predicted octanol–water partition coefficient (Wildman–Crippen LogP) is 5.32. The largest absolute Gasteiger partial charge is 0.436 e. The van der Waals surface area contributed by atoms with Crippen molar-refractivity contribution in [2.75, 3.05) is 10.6 Å². The number of nitrogens with zero attached hydrogens (tertiary/aromatic N) is 2. The van der Waals surface area contributed by atoms with Gasteiger partial charge in [-0.2, -0.15) is 4.98 Å². The van der Waals surface area contributed by atoms with Crippen LogP contribution in [-0.4, -0.2) is 21.9 Å². The van der Waals surface area contributed by atoms with Gasteiger partial charge < -0.3 is 15.4 Å². The Balaban J connectivity index is 1.33. The fraction of sp³-hybridized carbons (Fsp3) is 0.0400. The molecule has 0 fully saturated rings. The van der Waals surface area contributed by atoms with E-state index in [0.717, 1.165) is 6.07 Å². The van der Waals surface area contributed by atoms with Crippen LogP contribution in [0.25, 0.3) is 0 Å². The van der Waals surface area contributed by atoms with Gasteiger partial charge in [0.2, 0.25) is 17.7 Å². The number of halogens is 3. The lowest BCUT2D eigenvalue weighted by atomic mass is 10.1. The van der Waals surface area contributed by atoms with E-state index in [2.05, 4.69) is 25.9 Å². The summed E-state index contributed by atoms with van der Waals surface area (Å²) in [5.74, 6) is -2.21. The summed E-state index contributed by atoms with van der Waals surface area (Å²) >= 11 is 0. The van der Waals surface area contributed by atoms with Gasteiger partial charge in [0.05, 0.1) is 6.42 Å². The van der Waals surface area contributed by atoms with Gasteiger partial charge in [-0.25, -0.2) is 22.9 Å². The molecule has 1 heterocycles. The molecule has 0 saturated heterocycles. The first kappa shape index (κ1) is 24.2. The van der Waals surface area contributed by atoms with Crippen LogP contribution in [0, 0.1) is 17.5 Å². The average Bonchev–Trinajstić information content (AvgIpc) is 2.84. The molecule has 4 rings (SSSR count). The lowest BCUT2D eigenvalue weighted by Crippen LogP contribution is -2.35. The Morgan fingerprint density at radius 3 is 2.19 bits per heavy atom. The third-order valence-corrected chi connectivity index (χ3v) is 4.67. The van der Waals surface area contributed by atoms with Gasteiger partial charge in [0.25, 0.3) is 0 Å². The van der Waals surface area contributed by atoms with Crippen LogP contribution in [0.4, 0.5) is 35.3 Å². The van der Waals surface area contributed by atoms with E-state index in [4.69, 9.17) is 4.74 Å². The molecule has 0 atom stereocenters. The Bertz CT molecular complexity index is 1380. The Kier molecular flexibility index (Phi) is 7.39. The van der Waals surface area contributed by atoms with Crippen LogP contribution in [-0.2, 0) is 11.2 Å². The second kappa shape index (κ2) is 11.0. The molecule has 0 aliphatic heterocycles. The molecule has 4 aromatic rings. The lowest BCUT2D eigenvalue weighted by Gasteiger charge is -2.10. The highest BCUT2D eigenvalue weighted by molar-refractivity contribution is 6.01. The summed E-state index contributed by atoms with van der Waals surface area (Å²) in [6.45, 7) is 0. The maximum Gasteiger partial charge on any atom is 0.325 e. The predicted molar refractivity (Wildman–Crippen MR) is 125 cm³/mol. The van der Waals surface area contributed by atoms with Gasteiger partial charge in [0.15, 0.2) is 11.6 Å². The topological polar surface area (TPSA) is 105 Å². The second-order valence-electron chi connectivity index (χ2n) is 7.40. The highest BCUT2D eigenvalue weighted by atomic mass is 19.1. The van der Waals surface area contributed by atoms with Crippen LogP contribution in [0.15, 0.2) is 79.0 Å². The molecule has 3 N–H and O–H groups in total. The molecule has 0 radical (unpaired) electrons. The molecule has 0 aliphatic rings. The number of amides is 3. The van der Waals surface area contributed by atoms with Gasteiger partial charge in [-0.15, -0.1) is 0 Å². The zero-order valence-corrected chi connectivity index (χ0v) is 18.5. The summed E-state index contributed by atoms with van der Waals surface area (Å²) in [7, 11) is 0. The first-order valence-corrected chi connectivity index (χ1v) is 10.5. The number of carbonyl (C=O) groups excluding carboxylic acids is 2. The van der Waals surface area contributed by atoms with Crippen molar-refractivity contribution in [3.8, 4) is 11.6 Å². The molecule has 0 aliphatic carbocycles. The third-order valence-electron chi connectivity index (χ3n) is 4.67. The number of hydrogen-bond acceptors (Lipinski definition) is 6. The van der Waals surface area contributed by atoms with Crippen molar-refractivity contribution >= 4 is 29.3 Å². The minimum atomic E-state index is -0.859. The Morgan fingerprint density at radius 2 is 1.50 bits per heavy atom. The van der Waals surface area contributed by atoms with E-state index in [-0.39, 0.29) is 35.5 Å². The number of imide groups is 1. The molecular formula is C25H18F3N5O3. The Hall–Kier alpha value is -4.93. The second-order valence-corrected chi connectivity index (χ2v) is 7.40. The van der Waals surface area contributed by atoms with Crippen LogP contribution in [0.3, 0.4) is 0 Å². The maximum absolute atomic E-state index is 14.6. The molecule has 0 spiro atoms. The number of rotatable bonds is 7. The van der Waals surface area contributed by atoms with E-state index in [1.807, 2.05) is 0 Å². The van der Waals surface area contributed by atoms with Crippen molar-refractivity contribution in [3.63, 3.8) is 0 Å². The number of aromatic nitrogens is 2. The van der Waals surface area contributed by atoms with Gasteiger partial charge in [-0.05, 0) is 54.1 Å². The number of benzene rings is 3. The fourth-order valence-corrected chi connectivity index (χ4v) is 3.02. The van der Waals surface area contributed by atoms with Crippen molar-refractivity contribution in [2.45, 2.75) is 6.42 Å². The summed E-state index contributed by atoms with van der Waals surface area (Å²) in [4.78, 5) is 32.2. The van der Waals surface area contributed by atoms with Gasteiger partial charge in [0, 0.05) is 29.7 Å². The number of nitrogens with one attached hydrogen (secondary N) is 3. The van der Waals surface area contributed by atoms with Gasteiger partial charge in [0.1, 0.15) is 11.6 Å². The molecular weight excluding hydrogens is 475 g/mol. The standard InChI is InChI=1S/C25H18F3N5O3/c26-16-3-1-15(2-4-16)13-22(34)32-25(35)31-19-9-10-21(20(28)14-19)36-23-11-12-29-24(33-23)30-18-7-5-17(27)6-8-18/h1-12,14H,13H2,(H,29,30,33)(H2,31,32,34,35). The Labute approximate surface area is 203 Å². The van der Waals surface area contributed by atoms with E-state index < -0.39 is 23.6 Å². The molecule has 0 unspecified atom stereocenters. The normalized spacial score (nSPS) is 10.4. The number of urea groups is 1. The highest BCUT2D eigenvalue weighted by Crippen LogP contribution is 2.26. The minimum Gasteiger partial charge on any atom is -0.436 e. The number of anilines is 3. The van der Waals surface area contributed by atoms with Crippen LogP contribution < -0.4 is 20.7 Å². The van der Waals surface area contributed by atoms with E-state index in [0.29, 0.717) is 11.3 Å². The average molecular weight is 493 g/mol. The SMILES string of the molecule is O=C(Cc1ccc(F)cc1)NC(=O)Nc1ccc(Oc2ccnc(Nc3ccc(F)cc3)n2)c(F)c1. The molecule has 0 bridgehead atoms. The minimum absolute atomic E-state index is 0.0401. The third kappa shape index (κ3) is 6.79. The van der Waals surface area contributed by atoms with Crippen LogP contribution in [0.1, 0.15) is 5.56 Å². The van der Waals surface area contributed by atoms with Crippen molar-refractivity contribution < 1.29 is 27.5 Å². The fourth-order valence-electron chi connectivity index (χ4n) is 3.02. The van der Waals surface area contributed by atoms with E-state index in [1.165, 1.54) is 72.9 Å². The molecule has 8 nitrogen and oxygen atoms in total. The van der Waals surface area contributed by atoms with E-state index >= 15 is 0 Å². The Morgan fingerprint density at radius 1 is 0.833 bits per heavy atom. The van der Waals surface area contributed by atoms with E-state index in [9.17, 15) is 22.8 Å². The zero-order chi connectivity index (χ0) is 25.5. The van der Waals surface area contributed by atoms with Crippen LogP contribution >= 0.6 is 0 Å². The molecule has 3 amide bonds. The van der Waals surface area contributed by atoms with Gasteiger partial charge in [-0.3, -0.25) is 10.1 Å². The molecule has 1 aromatic heterocycles. The monoisotopic (exact) mass is 493 g/mol. The van der Waals surface area contributed by atoms with Crippen LogP contribution in [0.2, 0.25) is 0 Å². The van der Waals surface area contributed by atoms with Gasteiger partial charge >= 0.3 is 6.03 Å². The number of hydrogen-bond donors (Lipinski definition) is 3. The van der Waals surface area contributed by atoms with Gasteiger partial charge in [-0.1, -0.05) is 12.1 Å². The smallest absolute Gasteiger partial charge is 0.325 e. The first-order chi connectivity index (χ1) is 17.3. The summed E-state index contributed by atoms with van der Waals surface area (Å²) in [6.07, 6.45) is 1.26.